The van der Waals surface area contributed by atoms with Gasteiger partial charge in [0.2, 0.25) is 0 Å². The first kappa shape index (κ1) is 19.0. The lowest BCUT2D eigenvalue weighted by Gasteiger charge is -2.33. The van der Waals surface area contributed by atoms with E-state index in [4.69, 9.17) is 4.74 Å². The highest BCUT2D eigenvalue weighted by Crippen LogP contribution is 2.33. The van der Waals surface area contributed by atoms with Crippen molar-refractivity contribution >= 4 is 34.8 Å². The largest absolute Gasteiger partial charge is 0.468 e. The van der Waals surface area contributed by atoms with E-state index < -0.39 is 29.8 Å². The third-order valence-corrected chi connectivity index (χ3v) is 5.35. The Morgan fingerprint density at radius 1 is 1.21 bits per heavy atom. The summed E-state index contributed by atoms with van der Waals surface area (Å²) in [6.45, 7) is 0. The van der Waals surface area contributed by atoms with E-state index in [9.17, 15) is 14.0 Å². The van der Waals surface area contributed by atoms with Crippen LogP contribution in [-0.2, 0) is 9.53 Å². The van der Waals surface area contributed by atoms with Gasteiger partial charge < -0.3 is 20.4 Å². The average Bonchev–Trinajstić information content (AvgIpc) is 3.15. The molecular weight excluding hydrogens is 395 g/mol. The molecule has 2 amide bonds. The number of carbonyl (C=O) groups excluding carboxylic acids is 2. The van der Waals surface area contributed by atoms with E-state index >= 15 is 0 Å². The fourth-order valence-corrected chi connectivity index (χ4v) is 3.96. The fraction of sp³-hybridized carbons (Fsp3) is 0.150. The van der Waals surface area contributed by atoms with Crippen molar-refractivity contribution in [1.29, 1.82) is 0 Å². The summed E-state index contributed by atoms with van der Waals surface area (Å²) in [6, 6.07) is 12.1. The van der Waals surface area contributed by atoms with Gasteiger partial charge in [-0.25, -0.2) is 14.2 Å². The molecule has 1 aliphatic rings. The highest BCUT2D eigenvalue weighted by molar-refractivity contribution is 8.02. The maximum atomic E-state index is 13.3. The molecule has 0 unspecified atom stereocenters. The highest BCUT2D eigenvalue weighted by atomic mass is 32.2. The molecule has 9 heteroatoms. The molecule has 0 spiro atoms. The second kappa shape index (κ2) is 7.96. The summed E-state index contributed by atoms with van der Waals surface area (Å²) in [5.74, 6) is -1.75. The number of rotatable bonds is 4. The van der Waals surface area contributed by atoms with Crippen LogP contribution in [0.4, 0.5) is 9.18 Å². The van der Waals surface area contributed by atoms with Crippen LogP contribution in [0.5, 0.6) is 0 Å². The molecule has 3 N–H and O–H groups in total. The Morgan fingerprint density at radius 3 is 2.69 bits per heavy atom. The van der Waals surface area contributed by atoms with Gasteiger partial charge in [-0.15, -0.1) is 0 Å². The first-order chi connectivity index (χ1) is 14.0. The molecule has 3 aromatic rings. The first-order valence-electron chi connectivity index (χ1n) is 8.77. The Morgan fingerprint density at radius 2 is 1.97 bits per heavy atom. The molecule has 0 aliphatic carbocycles. The third-order valence-electron chi connectivity index (χ3n) is 4.56. The normalized spacial score (nSPS) is 20.3. The average molecular weight is 412 g/mol. The number of imidazole rings is 1. The molecule has 2 atom stereocenters. The molecule has 0 saturated carbocycles. The van der Waals surface area contributed by atoms with Gasteiger partial charge in [0.15, 0.2) is 5.16 Å². The lowest BCUT2D eigenvalue weighted by molar-refractivity contribution is -0.145. The van der Waals surface area contributed by atoms with Crippen molar-refractivity contribution in [2.45, 2.75) is 11.2 Å². The number of aromatic amines is 1. The Balaban J connectivity index is 1.67. The molecule has 1 aromatic heterocycles. The van der Waals surface area contributed by atoms with Crippen LogP contribution >= 0.6 is 11.8 Å². The monoisotopic (exact) mass is 412 g/mol. The summed E-state index contributed by atoms with van der Waals surface area (Å²) >= 11 is 1.25. The number of urea groups is 1. The number of halogens is 1. The number of esters is 1. The smallest absolute Gasteiger partial charge is 0.319 e. The number of fused-ring (bicyclic) bond motifs is 1. The fourth-order valence-electron chi connectivity index (χ4n) is 3.19. The minimum Gasteiger partial charge on any atom is -0.468 e. The van der Waals surface area contributed by atoms with E-state index in [-0.39, 0.29) is 0 Å². The minimum atomic E-state index is -0.819. The number of para-hydroxylation sites is 2. The molecule has 4 rings (SSSR count). The molecule has 1 fully saturated rings. The second-order valence-corrected chi connectivity index (χ2v) is 7.24. The minimum absolute atomic E-state index is 0.375. The SMILES string of the molecule is COC(=O)[C@H]1/C(=C\Sc2nc3ccccc3[nH]2)NC(=O)N[C@H]1c1ccc(F)cc1. The Hall–Kier alpha value is -3.33. The number of benzene rings is 2. The summed E-state index contributed by atoms with van der Waals surface area (Å²) in [5, 5.41) is 7.67. The topological polar surface area (TPSA) is 96.1 Å². The standard InChI is InChI=1S/C20H17FN4O3S/c1-28-18(26)16-15(10-29-20-23-13-4-2-3-5-14(13)24-20)22-19(27)25-17(16)11-6-8-12(21)9-7-11/h2-10,16-17H,1H3,(H,23,24)(H2,22,25,27)/b15-10+/t16-,17-/m0/s1. The van der Waals surface area contributed by atoms with Crippen molar-refractivity contribution in [3.8, 4) is 0 Å². The van der Waals surface area contributed by atoms with Crippen molar-refractivity contribution in [3.63, 3.8) is 0 Å². The van der Waals surface area contributed by atoms with Gasteiger partial charge >= 0.3 is 12.0 Å². The number of H-pyrrole nitrogens is 1. The number of aromatic nitrogens is 2. The van der Waals surface area contributed by atoms with Crippen LogP contribution in [0.15, 0.2) is 64.8 Å². The van der Waals surface area contributed by atoms with Crippen molar-refractivity contribution < 1.29 is 18.7 Å². The number of methoxy groups -OCH3 is 1. The number of carbonyl (C=O) groups is 2. The molecule has 29 heavy (non-hydrogen) atoms. The number of hydrogen-bond acceptors (Lipinski definition) is 5. The molecule has 2 aromatic carbocycles. The lowest BCUT2D eigenvalue weighted by Crippen LogP contribution is -2.51. The van der Waals surface area contributed by atoms with Crippen molar-refractivity contribution in [2.75, 3.05) is 7.11 Å². The van der Waals surface area contributed by atoms with Crippen LogP contribution in [0, 0.1) is 11.7 Å². The molecule has 148 valence electrons. The summed E-state index contributed by atoms with van der Waals surface area (Å²) in [7, 11) is 1.28. The predicted molar refractivity (Wildman–Crippen MR) is 106 cm³/mol. The zero-order chi connectivity index (χ0) is 20.4. The first-order valence-corrected chi connectivity index (χ1v) is 9.65. The molecule has 7 nitrogen and oxygen atoms in total. The quantitative estimate of drug-likeness (QED) is 0.450. The van der Waals surface area contributed by atoms with Gasteiger partial charge in [0, 0.05) is 5.70 Å². The summed E-state index contributed by atoms with van der Waals surface area (Å²) < 4.78 is 18.3. The Bertz CT molecular complexity index is 1060. The summed E-state index contributed by atoms with van der Waals surface area (Å²) in [5.41, 5.74) is 2.67. The zero-order valence-electron chi connectivity index (χ0n) is 15.3. The van der Waals surface area contributed by atoms with E-state index in [1.54, 1.807) is 5.41 Å². The van der Waals surface area contributed by atoms with Gasteiger partial charge in [-0.3, -0.25) is 4.79 Å². The van der Waals surface area contributed by atoms with Gasteiger partial charge in [-0.2, -0.15) is 0 Å². The molecule has 1 aliphatic heterocycles. The Kier molecular flexibility index (Phi) is 5.22. The molecule has 0 bridgehead atoms. The van der Waals surface area contributed by atoms with Crippen LogP contribution in [0.2, 0.25) is 0 Å². The number of ether oxygens (including phenoxy) is 1. The van der Waals surface area contributed by atoms with Gasteiger partial charge in [0.25, 0.3) is 0 Å². The second-order valence-electron chi connectivity index (χ2n) is 6.38. The number of nitrogens with one attached hydrogen (secondary N) is 3. The van der Waals surface area contributed by atoms with Crippen LogP contribution in [0.25, 0.3) is 11.0 Å². The lowest BCUT2D eigenvalue weighted by atomic mass is 9.89. The summed E-state index contributed by atoms with van der Waals surface area (Å²) in [6.07, 6.45) is 0. The van der Waals surface area contributed by atoms with Crippen LogP contribution in [-0.4, -0.2) is 29.1 Å². The van der Waals surface area contributed by atoms with Crippen LogP contribution < -0.4 is 10.6 Å². The van der Waals surface area contributed by atoms with Gasteiger partial charge in [0.1, 0.15) is 11.7 Å². The van der Waals surface area contributed by atoms with Crippen LogP contribution in [0.1, 0.15) is 11.6 Å². The van der Waals surface area contributed by atoms with E-state index in [0.29, 0.717) is 16.4 Å². The predicted octanol–water partition coefficient (Wildman–Crippen LogP) is 3.48. The maximum Gasteiger partial charge on any atom is 0.319 e. The molecule has 1 saturated heterocycles. The van der Waals surface area contributed by atoms with Crippen molar-refractivity contribution in [1.82, 2.24) is 20.6 Å². The van der Waals surface area contributed by atoms with E-state index in [1.807, 2.05) is 24.3 Å². The van der Waals surface area contributed by atoms with Crippen molar-refractivity contribution in [3.05, 3.63) is 71.0 Å². The van der Waals surface area contributed by atoms with E-state index in [0.717, 1.165) is 11.0 Å². The van der Waals surface area contributed by atoms with Crippen molar-refractivity contribution in [2.24, 2.45) is 5.92 Å². The highest BCUT2D eigenvalue weighted by Gasteiger charge is 2.39. The molecule has 2 heterocycles. The summed E-state index contributed by atoms with van der Waals surface area (Å²) in [4.78, 5) is 32.4. The Labute approximate surface area is 169 Å². The van der Waals surface area contributed by atoms with E-state index in [2.05, 4.69) is 20.6 Å². The number of nitrogens with zero attached hydrogens (tertiary/aromatic N) is 1. The van der Waals surface area contributed by atoms with Gasteiger partial charge in [-0.1, -0.05) is 36.0 Å². The zero-order valence-corrected chi connectivity index (χ0v) is 16.1. The van der Waals surface area contributed by atoms with Crippen LogP contribution in [0.3, 0.4) is 0 Å². The maximum absolute atomic E-state index is 13.3. The number of hydrogen-bond donors (Lipinski definition) is 3. The molecular formula is C20H17FN4O3S. The number of amides is 2. The van der Waals surface area contributed by atoms with Gasteiger partial charge in [0.05, 0.1) is 24.2 Å². The molecule has 0 radical (unpaired) electrons. The van der Waals surface area contributed by atoms with Gasteiger partial charge in [-0.05, 0) is 35.2 Å². The van der Waals surface area contributed by atoms with E-state index in [1.165, 1.54) is 43.1 Å². The third kappa shape index (κ3) is 3.95. The number of thioether (sulfide) groups is 1.